The highest BCUT2D eigenvalue weighted by atomic mass is 79.9. The van der Waals surface area contributed by atoms with Gasteiger partial charge in [-0.25, -0.2) is 4.79 Å². The summed E-state index contributed by atoms with van der Waals surface area (Å²) in [5, 5.41) is 13.2. The van der Waals surface area contributed by atoms with Crippen LogP contribution in [0.2, 0.25) is 0 Å². The molecule has 146 valence electrons. The Morgan fingerprint density at radius 1 is 1.35 bits per heavy atom. The Balaban J connectivity index is 2.33. The lowest BCUT2D eigenvalue weighted by atomic mass is 9.80. The van der Waals surface area contributed by atoms with Crippen molar-refractivity contribution in [2.24, 2.45) is 5.92 Å². The number of nitrogens with two attached hydrogens (primary N) is 1. The summed E-state index contributed by atoms with van der Waals surface area (Å²) >= 11 is 3.49. The molecule has 0 radical (unpaired) electrons. The molecule has 2 rings (SSSR count). The monoisotopic (exact) mass is 426 g/mol. The molecule has 1 aromatic rings. The van der Waals surface area contributed by atoms with E-state index in [1.165, 1.54) is 32.1 Å². The number of carbonyl (C=O) groups excluding carboxylic acids is 1. The van der Waals surface area contributed by atoms with Crippen LogP contribution < -0.4 is 11.1 Å². The van der Waals surface area contributed by atoms with Crippen molar-refractivity contribution in [2.45, 2.75) is 71.1 Å². The third-order valence-corrected chi connectivity index (χ3v) is 5.91. The van der Waals surface area contributed by atoms with Crippen molar-refractivity contribution in [2.75, 3.05) is 12.3 Å². The smallest absolute Gasteiger partial charge is 0.338 e. The Labute approximate surface area is 164 Å². The standard InChI is InChI=1S/C20H31BrN2O3/c1-4-23-19(14-8-6-5-7-9-14)16-10-15(11-17(21)18(16)22)20(25)26-13(3)12(2)24/h10-14,19,23-24H,4-9,22H2,1-3H3. The van der Waals surface area contributed by atoms with Crippen LogP contribution in [0.1, 0.15) is 74.8 Å². The molecular weight excluding hydrogens is 396 g/mol. The first-order valence-corrected chi connectivity index (χ1v) is 10.4. The Morgan fingerprint density at radius 3 is 2.58 bits per heavy atom. The molecule has 0 spiro atoms. The second-order valence-electron chi connectivity index (χ2n) is 7.25. The van der Waals surface area contributed by atoms with Crippen molar-refractivity contribution in [1.29, 1.82) is 0 Å². The molecule has 1 fully saturated rings. The number of benzene rings is 1. The van der Waals surface area contributed by atoms with E-state index in [1.54, 1.807) is 19.9 Å². The molecule has 0 bridgehead atoms. The summed E-state index contributed by atoms with van der Waals surface area (Å²) in [6, 6.07) is 3.66. The predicted molar refractivity (Wildman–Crippen MR) is 108 cm³/mol. The van der Waals surface area contributed by atoms with Gasteiger partial charge in [0.15, 0.2) is 0 Å². The summed E-state index contributed by atoms with van der Waals surface area (Å²) in [6.07, 6.45) is 4.82. The summed E-state index contributed by atoms with van der Waals surface area (Å²) in [4.78, 5) is 12.5. The summed E-state index contributed by atoms with van der Waals surface area (Å²) < 4.78 is 6.06. The number of anilines is 1. The van der Waals surface area contributed by atoms with E-state index in [4.69, 9.17) is 10.5 Å². The molecule has 4 N–H and O–H groups in total. The first-order chi connectivity index (χ1) is 12.3. The van der Waals surface area contributed by atoms with Crippen molar-refractivity contribution in [3.63, 3.8) is 0 Å². The van der Waals surface area contributed by atoms with Gasteiger partial charge < -0.3 is 20.9 Å². The third-order valence-electron chi connectivity index (χ3n) is 5.25. The van der Waals surface area contributed by atoms with Crippen LogP contribution in [-0.2, 0) is 4.74 Å². The molecule has 6 heteroatoms. The highest BCUT2D eigenvalue weighted by molar-refractivity contribution is 9.10. The van der Waals surface area contributed by atoms with Gasteiger partial charge in [0.05, 0.1) is 17.4 Å². The fraction of sp³-hybridized carbons (Fsp3) is 0.650. The normalized spacial score (nSPS) is 19.0. The Bertz CT molecular complexity index is 615. The fourth-order valence-electron chi connectivity index (χ4n) is 3.57. The van der Waals surface area contributed by atoms with Crippen LogP contribution in [0.15, 0.2) is 16.6 Å². The topological polar surface area (TPSA) is 84.6 Å². The third kappa shape index (κ3) is 5.21. The maximum atomic E-state index is 12.5. The molecular formula is C20H31BrN2O3. The first kappa shape index (κ1) is 21.2. The largest absolute Gasteiger partial charge is 0.456 e. The molecule has 0 aromatic heterocycles. The van der Waals surface area contributed by atoms with Crippen molar-refractivity contribution in [1.82, 2.24) is 5.32 Å². The summed E-state index contributed by atoms with van der Waals surface area (Å²) in [6.45, 7) is 6.21. The van der Waals surface area contributed by atoms with E-state index in [9.17, 15) is 9.90 Å². The number of nitrogen functional groups attached to an aromatic ring is 1. The minimum atomic E-state index is -0.715. The van der Waals surface area contributed by atoms with Crippen LogP contribution >= 0.6 is 15.9 Å². The zero-order valence-electron chi connectivity index (χ0n) is 15.9. The molecule has 3 atom stereocenters. The van der Waals surface area contributed by atoms with E-state index in [0.29, 0.717) is 21.6 Å². The summed E-state index contributed by atoms with van der Waals surface area (Å²) in [5.41, 5.74) is 8.43. The average Bonchev–Trinajstić information content (AvgIpc) is 2.62. The zero-order valence-corrected chi connectivity index (χ0v) is 17.5. The number of carbonyl (C=O) groups is 1. The number of hydrogen-bond donors (Lipinski definition) is 3. The quantitative estimate of drug-likeness (QED) is 0.449. The molecule has 0 heterocycles. The van der Waals surface area contributed by atoms with E-state index >= 15 is 0 Å². The maximum Gasteiger partial charge on any atom is 0.338 e. The van der Waals surface area contributed by atoms with Gasteiger partial charge in [0.1, 0.15) is 6.10 Å². The molecule has 1 aliphatic rings. The Hall–Kier alpha value is -1.11. The van der Waals surface area contributed by atoms with E-state index in [1.807, 2.05) is 6.07 Å². The SMILES string of the molecule is CCNC(c1cc(C(=O)OC(C)C(C)O)cc(Br)c1N)C1CCCCC1. The number of halogens is 1. The summed E-state index contributed by atoms with van der Waals surface area (Å²) in [5.74, 6) is 0.0693. The molecule has 3 unspecified atom stereocenters. The zero-order chi connectivity index (χ0) is 19.3. The second kappa shape index (κ2) is 9.72. The molecule has 5 nitrogen and oxygen atoms in total. The number of aliphatic hydroxyl groups excluding tert-OH is 1. The second-order valence-corrected chi connectivity index (χ2v) is 8.10. The lowest BCUT2D eigenvalue weighted by molar-refractivity contribution is -0.00471. The maximum absolute atomic E-state index is 12.5. The van der Waals surface area contributed by atoms with Crippen molar-refractivity contribution in [3.05, 3.63) is 27.7 Å². The molecule has 0 aliphatic heterocycles. The van der Waals surface area contributed by atoms with Crippen molar-refractivity contribution in [3.8, 4) is 0 Å². The number of hydrogen-bond acceptors (Lipinski definition) is 5. The van der Waals surface area contributed by atoms with Crippen LogP contribution in [0.3, 0.4) is 0 Å². The minimum absolute atomic E-state index is 0.124. The lowest BCUT2D eigenvalue weighted by Gasteiger charge is -2.32. The molecule has 1 aromatic carbocycles. The predicted octanol–water partition coefficient (Wildman–Crippen LogP) is 4.19. The summed E-state index contributed by atoms with van der Waals surface area (Å²) in [7, 11) is 0. The number of esters is 1. The first-order valence-electron chi connectivity index (χ1n) is 9.56. The number of aliphatic hydroxyl groups is 1. The number of rotatable bonds is 7. The van der Waals surface area contributed by atoms with Gasteiger partial charge in [-0.1, -0.05) is 26.2 Å². The van der Waals surface area contributed by atoms with Gasteiger partial charge in [0.2, 0.25) is 0 Å². The van der Waals surface area contributed by atoms with Crippen molar-refractivity contribution < 1.29 is 14.6 Å². The van der Waals surface area contributed by atoms with Crippen LogP contribution in [0, 0.1) is 5.92 Å². The molecule has 0 saturated heterocycles. The van der Waals surface area contributed by atoms with Gasteiger partial charge in [-0.2, -0.15) is 0 Å². The van der Waals surface area contributed by atoms with Crippen LogP contribution in [0.25, 0.3) is 0 Å². The minimum Gasteiger partial charge on any atom is -0.456 e. The number of ether oxygens (including phenoxy) is 1. The highest BCUT2D eigenvalue weighted by Gasteiger charge is 2.28. The lowest BCUT2D eigenvalue weighted by Crippen LogP contribution is -2.31. The van der Waals surface area contributed by atoms with Gasteiger partial charge in [-0.15, -0.1) is 0 Å². The van der Waals surface area contributed by atoms with E-state index in [-0.39, 0.29) is 6.04 Å². The van der Waals surface area contributed by atoms with Crippen LogP contribution in [-0.4, -0.2) is 29.8 Å². The van der Waals surface area contributed by atoms with Crippen LogP contribution in [0.4, 0.5) is 5.69 Å². The van der Waals surface area contributed by atoms with Crippen molar-refractivity contribution >= 4 is 27.6 Å². The number of nitrogens with one attached hydrogen (secondary N) is 1. The van der Waals surface area contributed by atoms with Gasteiger partial charge in [0.25, 0.3) is 0 Å². The van der Waals surface area contributed by atoms with Gasteiger partial charge >= 0.3 is 5.97 Å². The Morgan fingerprint density at radius 2 is 2.00 bits per heavy atom. The molecule has 26 heavy (non-hydrogen) atoms. The molecule has 0 amide bonds. The molecule has 1 aliphatic carbocycles. The van der Waals surface area contributed by atoms with Gasteiger partial charge in [-0.05, 0) is 72.8 Å². The van der Waals surface area contributed by atoms with Crippen LogP contribution in [0.5, 0.6) is 0 Å². The fourth-order valence-corrected chi connectivity index (χ4v) is 4.04. The highest BCUT2D eigenvalue weighted by Crippen LogP contribution is 2.39. The molecule has 1 saturated carbocycles. The van der Waals surface area contributed by atoms with Gasteiger partial charge in [-0.3, -0.25) is 0 Å². The van der Waals surface area contributed by atoms with E-state index in [2.05, 4.69) is 28.2 Å². The average molecular weight is 427 g/mol. The van der Waals surface area contributed by atoms with E-state index in [0.717, 1.165) is 12.1 Å². The Kier molecular flexibility index (Phi) is 7.92. The van der Waals surface area contributed by atoms with E-state index < -0.39 is 18.2 Å². The van der Waals surface area contributed by atoms with Gasteiger partial charge in [0, 0.05) is 10.5 Å².